The zero-order valence-electron chi connectivity index (χ0n) is 11.3. The minimum atomic E-state index is -0.398. The molecule has 1 amide bonds. The Morgan fingerprint density at radius 2 is 1.89 bits per heavy atom. The third-order valence-corrected chi connectivity index (χ3v) is 3.91. The zero-order valence-corrected chi connectivity index (χ0v) is 11.3. The van der Waals surface area contributed by atoms with Gasteiger partial charge in [0.05, 0.1) is 19.3 Å². The van der Waals surface area contributed by atoms with Crippen molar-refractivity contribution in [3.63, 3.8) is 0 Å². The number of amides is 1. The van der Waals surface area contributed by atoms with Crippen molar-refractivity contribution in [3.8, 4) is 0 Å². The standard InChI is InChI=1S/C13H22N2O3/c1-13(2,3)18-12(16)15-4-9-10(5-15)11(9)14-8-6-17-7-8/h8-11,14H,4-7H2,1-3H3. The fraction of sp³-hybridized carbons (Fsp3) is 0.923. The molecule has 2 unspecified atom stereocenters. The predicted molar refractivity (Wildman–Crippen MR) is 66.3 cm³/mol. The Kier molecular flexibility index (Phi) is 2.79. The van der Waals surface area contributed by atoms with Crippen LogP contribution in [0, 0.1) is 11.8 Å². The van der Waals surface area contributed by atoms with Gasteiger partial charge in [0.15, 0.2) is 0 Å². The molecule has 0 bridgehead atoms. The fourth-order valence-corrected chi connectivity index (χ4v) is 2.85. The van der Waals surface area contributed by atoms with Crippen LogP contribution in [0.25, 0.3) is 0 Å². The van der Waals surface area contributed by atoms with Gasteiger partial charge in [-0.15, -0.1) is 0 Å². The van der Waals surface area contributed by atoms with Gasteiger partial charge in [-0.1, -0.05) is 0 Å². The highest BCUT2D eigenvalue weighted by atomic mass is 16.6. The normalized spacial score (nSPS) is 35.1. The van der Waals surface area contributed by atoms with E-state index in [1.807, 2.05) is 25.7 Å². The minimum Gasteiger partial charge on any atom is -0.444 e. The van der Waals surface area contributed by atoms with Crippen LogP contribution in [0.4, 0.5) is 4.79 Å². The molecule has 2 heterocycles. The van der Waals surface area contributed by atoms with E-state index in [2.05, 4.69) is 5.32 Å². The molecule has 2 atom stereocenters. The lowest BCUT2D eigenvalue weighted by Crippen LogP contribution is -2.49. The highest BCUT2D eigenvalue weighted by molar-refractivity contribution is 5.69. The van der Waals surface area contributed by atoms with Gasteiger partial charge in [0, 0.05) is 19.1 Å². The van der Waals surface area contributed by atoms with E-state index in [4.69, 9.17) is 9.47 Å². The highest BCUT2D eigenvalue weighted by Gasteiger charge is 2.57. The van der Waals surface area contributed by atoms with Gasteiger partial charge in [0.25, 0.3) is 0 Å². The Bertz CT molecular complexity index is 337. The molecule has 0 aromatic rings. The Labute approximate surface area is 108 Å². The molecule has 3 aliphatic rings. The molecule has 2 aliphatic heterocycles. The maximum atomic E-state index is 11.9. The van der Waals surface area contributed by atoms with Crippen molar-refractivity contribution in [1.29, 1.82) is 0 Å². The average molecular weight is 254 g/mol. The van der Waals surface area contributed by atoms with E-state index in [-0.39, 0.29) is 6.09 Å². The first kappa shape index (κ1) is 12.2. The van der Waals surface area contributed by atoms with Gasteiger partial charge in [-0.05, 0) is 32.6 Å². The summed E-state index contributed by atoms with van der Waals surface area (Å²) in [5.41, 5.74) is -0.398. The number of ether oxygens (including phenoxy) is 2. The van der Waals surface area contributed by atoms with Crippen molar-refractivity contribution in [2.45, 2.75) is 38.5 Å². The maximum absolute atomic E-state index is 11.9. The summed E-state index contributed by atoms with van der Waals surface area (Å²) in [6.45, 7) is 9.07. The van der Waals surface area contributed by atoms with Crippen LogP contribution in [0.1, 0.15) is 20.8 Å². The molecule has 5 nitrogen and oxygen atoms in total. The van der Waals surface area contributed by atoms with Crippen molar-refractivity contribution in [2.24, 2.45) is 11.8 Å². The molecule has 102 valence electrons. The van der Waals surface area contributed by atoms with E-state index in [1.165, 1.54) is 0 Å². The SMILES string of the molecule is CC(C)(C)OC(=O)N1CC2C(C1)C2NC1COC1. The third kappa shape index (κ3) is 2.34. The van der Waals surface area contributed by atoms with E-state index in [0.717, 1.165) is 26.3 Å². The highest BCUT2D eigenvalue weighted by Crippen LogP contribution is 2.46. The van der Waals surface area contributed by atoms with Crippen molar-refractivity contribution in [1.82, 2.24) is 10.2 Å². The van der Waals surface area contributed by atoms with E-state index in [0.29, 0.717) is 23.9 Å². The van der Waals surface area contributed by atoms with Crippen molar-refractivity contribution in [3.05, 3.63) is 0 Å². The van der Waals surface area contributed by atoms with Gasteiger partial charge in [-0.2, -0.15) is 0 Å². The molecule has 0 radical (unpaired) electrons. The van der Waals surface area contributed by atoms with Crippen LogP contribution in [-0.4, -0.2) is 55.0 Å². The second-order valence-corrected chi connectivity index (χ2v) is 6.64. The first-order chi connectivity index (χ1) is 8.44. The van der Waals surface area contributed by atoms with E-state index >= 15 is 0 Å². The monoisotopic (exact) mass is 254 g/mol. The Balaban J connectivity index is 1.44. The lowest BCUT2D eigenvalue weighted by Gasteiger charge is -2.29. The average Bonchev–Trinajstić information content (AvgIpc) is 2.65. The number of likely N-dealkylation sites (tertiary alicyclic amines) is 1. The van der Waals surface area contributed by atoms with Gasteiger partial charge >= 0.3 is 6.09 Å². The van der Waals surface area contributed by atoms with Crippen molar-refractivity contribution >= 4 is 6.09 Å². The molecule has 2 saturated heterocycles. The molecule has 3 rings (SSSR count). The summed E-state index contributed by atoms with van der Waals surface area (Å²) in [4.78, 5) is 13.7. The van der Waals surface area contributed by atoms with Crippen LogP contribution < -0.4 is 5.32 Å². The summed E-state index contributed by atoms with van der Waals surface area (Å²) in [7, 11) is 0. The predicted octanol–water partition coefficient (Wildman–Crippen LogP) is 0.840. The van der Waals surface area contributed by atoms with Gasteiger partial charge < -0.3 is 19.7 Å². The number of carbonyl (C=O) groups is 1. The lowest BCUT2D eigenvalue weighted by molar-refractivity contribution is -0.00826. The first-order valence-corrected chi connectivity index (χ1v) is 6.76. The number of nitrogens with zero attached hydrogens (tertiary/aromatic N) is 1. The fourth-order valence-electron chi connectivity index (χ4n) is 2.85. The zero-order chi connectivity index (χ0) is 12.9. The molecular weight excluding hydrogens is 232 g/mol. The second-order valence-electron chi connectivity index (χ2n) is 6.64. The quantitative estimate of drug-likeness (QED) is 0.793. The largest absolute Gasteiger partial charge is 0.444 e. The van der Waals surface area contributed by atoms with Gasteiger partial charge in [0.1, 0.15) is 5.60 Å². The van der Waals surface area contributed by atoms with Crippen molar-refractivity contribution < 1.29 is 14.3 Å². The Hall–Kier alpha value is -0.810. The van der Waals surface area contributed by atoms with Gasteiger partial charge in [-0.3, -0.25) is 0 Å². The summed E-state index contributed by atoms with van der Waals surface area (Å²) in [6.07, 6.45) is -0.166. The summed E-state index contributed by atoms with van der Waals surface area (Å²) >= 11 is 0. The van der Waals surface area contributed by atoms with Crippen LogP contribution in [0.3, 0.4) is 0 Å². The number of fused-ring (bicyclic) bond motifs is 1. The van der Waals surface area contributed by atoms with Gasteiger partial charge in [0.2, 0.25) is 0 Å². The van der Waals surface area contributed by atoms with Crippen molar-refractivity contribution in [2.75, 3.05) is 26.3 Å². The summed E-state index contributed by atoms with van der Waals surface area (Å²) in [5.74, 6) is 1.25. The molecular formula is C13H22N2O3. The molecule has 0 aromatic carbocycles. The Morgan fingerprint density at radius 1 is 1.28 bits per heavy atom. The van der Waals surface area contributed by atoms with Crippen LogP contribution in [0.2, 0.25) is 0 Å². The first-order valence-electron chi connectivity index (χ1n) is 6.76. The summed E-state index contributed by atoms with van der Waals surface area (Å²) in [6, 6.07) is 1.13. The van der Waals surface area contributed by atoms with Crippen LogP contribution >= 0.6 is 0 Å². The van der Waals surface area contributed by atoms with Crippen LogP contribution in [0.5, 0.6) is 0 Å². The molecule has 18 heavy (non-hydrogen) atoms. The second kappa shape index (κ2) is 4.10. The number of hydrogen-bond acceptors (Lipinski definition) is 4. The number of nitrogens with one attached hydrogen (secondary N) is 1. The summed E-state index contributed by atoms with van der Waals surface area (Å²) < 4.78 is 10.5. The minimum absolute atomic E-state index is 0.166. The molecule has 3 fully saturated rings. The molecule has 5 heteroatoms. The van der Waals surface area contributed by atoms with E-state index in [1.54, 1.807) is 0 Å². The molecule has 1 N–H and O–H groups in total. The van der Waals surface area contributed by atoms with E-state index in [9.17, 15) is 4.79 Å². The number of hydrogen-bond donors (Lipinski definition) is 1. The lowest BCUT2D eigenvalue weighted by atomic mass is 10.2. The van der Waals surface area contributed by atoms with Crippen LogP contribution in [-0.2, 0) is 9.47 Å². The summed E-state index contributed by atoms with van der Waals surface area (Å²) in [5, 5.41) is 3.60. The Morgan fingerprint density at radius 3 is 2.33 bits per heavy atom. The number of rotatable bonds is 2. The molecule has 0 aromatic heterocycles. The molecule has 1 aliphatic carbocycles. The van der Waals surface area contributed by atoms with E-state index < -0.39 is 5.60 Å². The number of piperidine rings is 1. The third-order valence-electron chi connectivity index (χ3n) is 3.91. The van der Waals surface area contributed by atoms with Gasteiger partial charge in [-0.25, -0.2) is 4.79 Å². The van der Waals surface area contributed by atoms with Crippen LogP contribution in [0.15, 0.2) is 0 Å². The topological polar surface area (TPSA) is 50.8 Å². The molecule has 0 spiro atoms. The smallest absolute Gasteiger partial charge is 0.410 e. The number of carbonyl (C=O) groups excluding carboxylic acids is 1. The molecule has 1 saturated carbocycles. The maximum Gasteiger partial charge on any atom is 0.410 e.